The summed E-state index contributed by atoms with van der Waals surface area (Å²) < 4.78 is 5.54. The molecule has 1 heterocycles. The highest BCUT2D eigenvalue weighted by molar-refractivity contribution is 6.30. The first kappa shape index (κ1) is 18.7. The normalized spacial score (nSPS) is 15.6. The average Bonchev–Trinajstić information content (AvgIpc) is 2.65. The number of carbonyl (C=O) groups is 1. The van der Waals surface area contributed by atoms with E-state index in [9.17, 15) is 4.79 Å². The van der Waals surface area contributed by atoms with Crippen LogP contribution in [-0.2, 0) is 11.3 Å². The molecule has 138 valence electrons. The molecule has 0 spiro atoms. The quantitative estimate of drug-likeness (QED) is 0.838. The Hall–Kier alpha value is -2.04. The Balaban J connectivity index is 1.37. The smallest absolute Gasteiger partial charge is 0.258 e. The Morgan fingerprint density at radius 2 is 1.77 bits per heavy atom. The van der Waals surface area contributed by atoms with Gasteiger partial charge in [0.05, 0.1) is 0 Å². The zero-order valence-corrected chi connectivity index (χ0v) is 15.8. The largest absolute Gasteiger partial charge is 0.484 e. The third-order valence-corrected chi connectivity index (χ3v) is 4.92. The van der Waals surface area contributed by atoms with E-state index in [1.165, 1.54) is 11.1 Å². The SMILES string of the molecule is Cc1ccc(OCC(=O)NC2CCN(Cc3ccc(Cl)cc3)CC2)cc1. The zero-order valence-electron chi connectivity index (χ0n) is 15.1. The van der Waals surface area contributed by atoms with Gasteiger partial charge in [-0.15, -0.1) is 0 Å². The molecule has 0 radical (unpaired) electrons. The molecule has 3 rings (SSSR count). The number of aryl methyl sites for hydroxylation is 1. The molecule has 26 heavy (non-hydrogen) atoms. The minimum Gasteiger partial charge on any atom is -0.484 e. The molecule has 0 bridgehead atoms. The van der Waals surface area contributed by atoms with Crippen molar-refractivity contribution in [3.8, 4) is 5.75 Å². The van der Waals surface area contributed by atoms with Crippen molar-refractivity contribution in [3.63, 3.8) is 0 Å². The van der Waals surface area contributed by atoms with Crippen LogP contribution in [0.25, 0.3) is 0 Å². The monoisotopic (exact) mass is 372 g/mol. The van der Waals surface area contributed by atoms with Crippen LogP contribution in [0.15, 0.2) is 48.5 Å². The Labute approximate surface area is 160 Å². The molecule has 1 aliphatic heterocycles. The van der Waals surface area contributed by atoms with Gasteiger partial charge in [0.2, 0.25) is 0 Å². The molecule has 1 N–H and O–H groups in total. The topological polar surface area (TPSA) is 41.6 Å². The molecule has 1 fully saturated rings. The van der Waals surface area contributed by atoms with Crippen LogP contribution in [0.5, 0.6) is 5.75 Å². The standard InChI is InChI=1S/C21H25ClN2O2/c1-16-2-8-20(9-3-16)26-15-21(25)23-19-10-12-24(13-11-19)14-17-4-6-18(22)7-5-17/h2-9,19H,10-15H2,1H3,(H,23,25). The zero-order chi connectivity index (χ0) is 18.4. The lowest BCUT2D eigenvalue weighted by Gasteiger charge is -2.32. The highest BCUT2D eigenvalue weighted by atomic mass is 35.5. The minimum atomic E-state index is -0.0540. The molecule has 5 heteroatoms. The van der Waals surface area contributed by atoms with Crippen molar-refractivity contribution in [1.82, 2.24) is 10.2 Å². The van der Waals surface area contributed by atoms with Gasteiger partial charge in [-0.1, -0.05) is 41.4 Å². The molecule has 0 aliphatic carbocycles. The van der Waals surface area contributed by atoms with Crippen LogP contribution >= 0.6 is 11.6 Å². The van der Waals surface area contributed by atoms with Gasteiger partial charge in [0.15, 0.2) is 6.61 Å². The van der Waals surface area contributed by atoms with Crippen molar-refractivity contribution in [2.75, 3.05) is 19.7 Å². The Morgan fingerprint density at radius 3 is 2.42 bits per heavy atom. The minimum absolute atomic E-state index is 0.0540. The van der Waals surface area contributed by atoms with Crippen LogP contribution < -0.4 is 10.1 Å². The number of rotatable bonds is 6. The second-order valence-electron chi connectivity index (χ2n) is 6.85. The molecule has 0 unspecified atom stereocenters. The third kappa shape index (κ3) is 5.75. The summed E-state index contributed by atoms with van der Waals surface area (Å²) in [4.78, 5) is 14.5. The van der Waals surface area contributed by atoms with Gasteiger partial charge >= 0.3 is 0 Å². The van der Waals surface area contributed by atoms with Gasteiger partial charge < -0.3 is 10.1 Å². The Morgan fingerprint density at radius 1 is 1.12 bits per heavy atom. The van der Waals surface area contributed by atoms with E-state index in [0.29, 0.717) is 0 Å². The lowest BCUT2D eigenvalue weighted by Crippen LogP contribution is -2.45. The fourth-order valence-corrected chi connectivity index (χ4v) is 3.26. The van der Waals surface area contributed by atoms with Crippen molar-refractivity contribution in [2.45, 2.75) is 32.4 Å². The summed E-state index contributed by atoms with van der Waals surface area (Å²) in [6.07, 6.45) is 1.92. The lowest BCUT2D eigenvalue weighted by atomic mass is 10.0. The molecular weight excluding hydrogens is 348 g/mol. The maximum Gasteiger partial charge on any atom is 0.258 e. The van der Waals surface area contributed by atoms with Gasteiger partial charge in [0, 0.05) is 30.7 Å². The lowest BCUT2D eigenvalue weighted by molar-refractivity contribution is -0.124. The number of hydrogen-bond acceptors (Lipinski definition) is 3. The number of benzene rings is 2. The first-order valence-corrected chi connectivity index (χ1v) is 9.42. The molecule has 1 saturated heterocycles. The number of carbonyl (C=O) groups excluding carboxylic acids is 1. The number of amides is 1. The van der Waals surface area contributed by atoms with Crippen molar-refractivity contribution in [3.05, 3.63) is 64.7 Å². The molecule has 4 nitrogen and oxygen atoms in total. The summed E-state index contributed by atoms with van der Waals surface area (Å²) in [6, 6.07) is 15.9. The Bertz CT molecular complexity index is 708. The van der Waals surface area contributed by atoms with Crippen molar-refractivity contribution >= 4 is 17.5 Å². The second kappa shape index (κ2) is 9.06. The number of piperidine rings is 1. The molecule has 0 atom stereocenters. The fourth-order valence-electron chi connectivity index (χ4n) is 3.14. The summed E-state index contributed by atoms with van der Waals surface area (Å²) in [5, 5.41) is 3.85. The van der Waals surface area contributed by atoms with Gasteiger partial charge in [-0.25, -0.2) is 0 Å². The van der Waals surface area contributed by atoms with E-state index in [-0.39, 0.29) is 18.6 Å². The maximum atomic E-state index is 12.1. The summed E-state index contributed by atoms with van der Waals surface area (Å²) in [6.45, 7) is 4.97. The van der Waals surface area contributed by atoms with Crippen LogP contribution in [0.4, 0.5) is 0 Å². The number of nitrogens with one attached hydrogen (secondary N) is 1. The van der Waals surface area contributed by atoms with E-state index in [0.717, 1.165) is 43.2 Å². The fraction of sp³-hybridized carbons (Fsp3) is 0.381. The summed E-state index contributed by atoms with van der Waals surface area (Å²) in [7, 11) is 0. The predicted octanol–water partition coefficient (Wildman–Crippen LogP) is 3.81. The summed E-state index contributed by atoms with van der Waals surface area (Å²) in [5.41, 5.74) is 2.44. The number of nitrogens with zero attached hydrogens (tertiary/aromatic N) is 1. The van der Waals surface area contributed by atoms with E-state index in [1.807, 2.05) is 43.3 Å². The van der Waals surface area contributed by atoms with Crippen LogP contribution in [-0.4, -0.2) is 36.5 Å². The van der Waals surface area contributed by atoms with Crippen molar-refractivity contribution in [2.24, 2.45) is 0 Å². The van der Waals surface area contributed by atoms with Crippen LogP contribution in [0.3, 0.4) is 0 Å². The molecule has 1 aliphatic rings. The first-order chi connectivity index (χ1) is 12.6. The molecular formula is C21H25ClN2O2. The van der Waals surface area contributed by atoms with E-state index in [4.69, 9.17) is 16.3 Å². The van der Waals surface area contributed by atoms with Gasteiger partial charge in [-0.05, 0) is 49.6 Å². The van der Waals surface area contributed by atoms with E-state index >= 15 is 0 Å². The molecule has 2 aromatic rings. The second-order valence-corrected chi connectivity index (χ2v) is 7.28. The molecule has 0 aromatic heterocycles. The third-order valence-electron chi connectivity index (χ3n) is 4.66. The van der Waals surface area contributed by atoms with Gasteiger partial charge in [-0.3, -0.25) is 9.69 Å². The van der Waals surface area contributed by atoms with Gasteiger partial charge in [0.1, 0.15) is 5.75 Å². The summed E-state index contributed by atoms with van der Waals surface area (Å²) >= 11 is 5.93. The van der Waals surface area contributed by atoms with Crippen LogP contribution in [0.1, 0.15) is 24.0 Å². The highest BCUT2D eigenvalue weighted by Gasteiger charge is 2.20. The average molecular weight is 373 g/mol. The maximum absolute atomic E-state index is 12.1. The highest BCUT2D eigenvalue weighted by Crippen LogP contribution is 2.16. The molecule has 0 saturated carbocycles. The van der Waals surface area contributed by atoms with Crippen LogP contribution in [0, 0.1) is 6.92 Å². The number of ether oxygens (including phenoxy) is 1. The van der Waals surface area contributed by atoms with Gasteiger partial charge in [-0.2, -0.15) is 0 Å². The molecule has 1 amide bonds. The van der Waals surface area contributed by atoms with Crippen LogP contribution in [0.2, 0.25) is 5.02 Å². The number of likely N-dealkylation sites (tertiary alicyclic amines) is 1. The molecule has 2 aromatic carbocycles. The first-order valence-electron chi connectivity index (χ1n) is 9.04. The predicted molar refractivity (Wildman–Crippen MR) is 105 cm³/mol. The van der Waals surface area contributed by atoms with E-state index < -0.39 is 0 Å². The summed E-state index contributed by atoms with van der Waals surface area (Å²) in [5.74, 6) is 0.672. The van der Waals surface area contributed by atoms with Gasteiger partial charge in [0.25, 0.3) is 5.91 Å². The van der Waals surface area contributed by atoms with Crippen molar-refractivity contribution in [1.29, 1.82) is 0 Å². The number of halogens is 1. The Kier molecular flexibility index (Phi) is 6.53. The van der Waals surface area contributed by atoms with Crippen molar-refractivity contribution < 1.29 is 9.53 Å². The van der Waals surface area contributed by atoms with E-state index in [1.54, 1.807) is 0 Å². The number of hydrogen-bond donors (Lipinski definition) is 1. The van der Waals surface area contributed by atoms with E-state index in [2.05, 4.69) is 22.3 Å².